The highest BCUT2D eigenvalue weighted by molar-refractivity contribution is 7.09. The van der Waals surface area contributed by atoms with Crippen LogP contribution in [0.3, 0.4) is 0 Å². The van der Waals surface area contributed by atoms with Gasteiger partial charge in [-0.25, -0.2) is 4.98 Å². The summed E-state index contributed by atoms with van der Waals surface area (Å²) in [6, 6.07) is 7.53. The van der Waals surface area contributed by atoms with Crippen molar-refractivity contribution < 1.29 is 18.0 Å². The zero-order valence-electron chi connectivity index (χ0n) is 16.6. The van der Waals surface area contributed by atoms with E-state index < -0.39 is 11.9 Å². The fourth-order valence-electron chi connectivity index (χ4n) is 3.28. The first kappa shape index (κ1) is 22.1. The molecule has 1 fully saturated rings. The summed E-state index contributed by atoms with van der Waals surface area (Å²) in [4.78, 5) is 20.0. The van der Waals surface area contributed by atoms with Crippen molar-refractivity contribution in [1.82, 2.24) is 15.6 Å². The molecule has 0 atom stereocenters. The molecule has 0 bridgehead atoms. The lowest BCUT2D eigenvalue weighted by Gasteiger charge is -2.13. The molecule has 2 aromatic rings. The fraction of sp³-hybridized carbons (Fsp3) is 0.450. The van der Waals surface area contributed by atoms with Crippen LogP contribution in [0.2, 0.25) is 0 Å². The standard InChI is InChI=1S/C20H24F3N5OS/c1-24-19(26-11-17-28-16(12-30-17)20(21,22)23)25-10-13-5-4-8-15(9-13)27-18(29)14-6-2-3-7-14/h4-5,8-9,12,14H,2-3,6-7,10-11H2,1H3,(H,27,29)(H2,24,25,26). The molecule has 1 saturated carbocycles. The number of hydrogen-bond acceptors (Lipinski definition) is 4. The third kappa shape index (κ3) is 6.19. The lowest BCUT2D eigenvalue weighted by Crippen LogP contribution is -2.36. The number of guanidine groups is 1. The number of aliphatic imine (C=N–C) groups is 1. The Morgan fingerprint density at radius 2 is 1.97 bits per heavy atom. The van der Waals surface area contributed by atoms with Gasteiger partial charge in [0.05, 0.1) is 6.54 Å². The Balaban J connectivity index is 1.50. The molecule has 1 amide bonds. The van der Waals surface area contributed by atoms with Crippen LogP contribution in [0.15, 0.2) is 34.6 Å². The van der Waals surface area contributed by atoms with Crippen LogP contribution in [0.1, 0.15) is 41.9 Å². The van der Waals surface area contributed by atoms with E-state index in [0.717, 1.165) is 53.7 Å². The second-order valence-electron chi connectivity index (χ2n) is 7.07. The summed E-state index contributed by atoms with van der Waals surface area (Å²) in [6.45, 7) is 0.580. The Bertz CT molecular complexity index is 891. The summed E-state index contributed by atoms with van der Waals surface area (Å²) >= 11 is 0.945. The van der Waals surface area contributed by atoms with Gasteiger partial charge in [0, 0.05) is 30.6 Å². The smallest absolute Gasteiger partial charge is 0.352 e. The van der Waals surface area contributed by atoms with Crippen molar-refractivity contribution in [2.24, 2.45) is 10.9 Å². The Morgan fingerprint density at radius 1 is 1.23 bits per heavy atom. The number of aromatic nitrogens is 1. The molecule has 3 N–H and O–H groups in total. The molecular weight excluding hydrogens is 415 g/mol. The maximum atomic E-state index is 12.6. The lowest BCUT2D eigenvalue weighted by molar-refractivity contribution is -0.140. The SMILES string of the molecule is CN=C(NCc1cccc(NC(=O)C2CCCC2)c1)NCc1nc(C(F)(F)F)cs1. The summed E-state index contributed by atoms with van der Waals surface area (Å²) < 4.78 is 37.9. The molecule has 0 saturated heterocycles. The molecule has 0 unspecified atom stereocenters. The molecule has 1 heterocycles. The number of rotatable bonds is 6. The number of halogens is 3. The van der Waals surface area contributed by atoms with Gasteiger partial charge in [0.1, 0.15) is 5.01 Å². The van der Waals surface area contributed by atoms with E-state index >= 15 is 0 Å². The van der Waals surface area contributed by atoms with E-state index in [4.69, 9.17) is 0 Å². The topological polar surface area (TPSA) is 78.4 Å². The van der Waals surface area contributed by atoms with Gasteiger partial charge in [0.2, 0.25) is 5.91 Å². The molecule has 10 heteroatoms. The van der Waals surface area contributed by atoms with Crippen LogP contribution in [-0.4, -0.2) is 23.9 Å². The second kappa shape index (κ2) is 9.92. The van der Waals surface area contributed by atoms with Crippen molar-refractivity contribution >= 4 is 28.9 Å². The number of anilines is 1. The molecule has 3 rings (SSSR count). The van der Waals surface area contributed by atoms with Gasteiger partial charge >= 0.3 is 6.18 Å². The van der Waals surface area contributed by atoms with Gasteiger partial charge in [0.25, 0.3) is 0 Å². The van der Waals surface area contributed by atoms with Crippen molar-refractivity contribution in [2.75, 3.05) is 12.4 Å². The molecule has 0 radical (unpaired) electrons. The van der Waals surface area contributed by atoms with E-state index in [9.17, 15) is 18.0 Å². The van der Waals surface area contributed by atoms with E-state index in [-0.39, 0.29) is 18.4 Å². The molecule has 6 nitrogen and oxygen atoms in total. The van der Waals surface area contributed by atoms with Crippen LogP contribution in [-0.2, 0) is 24.1 Å². The average Bonchev–Trinajstić information content (AvgIpc) is 3.40. The molecule has 0 spiro atoms. The zero-order chi connectivity index (χ0) is 21.6. The minimum absolute atomic E-state index is 0.0664. The Hall–Kier alpha value is -2.62. The molecule has 0 aliphatic heterocycles. The van der Waals surface area contributed by atoms with Crippen molar-refractivity contribution in [3.05, 3.63) is 45.9 Å². The average molecular weight is 440 g/mol. The highest BCUT2D eigenvalue weighted by Gasteiger charge is 2.33. The monoisotopic (exact) mass is 439 g/mol. The van der Waals surface area contributed by atoms with Gasteiger partial charge < -0.3 is 16.0 Å². The van der Waals surface area contributed by atoms with Gasteiger partial charge in [-0.2, -0.15) is 13.2 Å². The van der Waals surface area contributed by atoms with Crippen LogP contribution < -0.4 is 16.0 Å². The predicted molar refractivity (Wildman–Crippen MR) is 111 cm³/mol. The summed E-state index contributed by atoms with van der Waals surface area (Å²) in [5.41, 5.74) is 0.802. The third-order valence-corrected chi connectivity index (χ3v) is 5.70. The fourth-order valence-corrected chi connectivity index (χ4v) is 4.02. The number of thiazole rings is 1. The van der Waals surface area contributed by atoms with Crippen LogP contribution in [0.5, 0.6) is 0 Å². The number of amides is 1. The van der Waals surface area contributed by atoms with Crippen molar-refractivity contribution in [2.45, 2.75) is 44.9 Å². The largest absolute Gasteiger partial charge is 0.434 e. The molecular formula is C20H24F3N5OS. The predicted octanol–water partition coefficient (Wildman–Crippen LogP) is 4.16. The van der Waals surface area contributed by atoms with Gasteiger partial charge in [-0.15, -0.1) is 11.3 Å². The number of benzene rings is 1. The van der Waals surface area contributed by atoms with Crippen LogP contribution in [0.25, 0.3) is 0 Å². The zero-order valence-corrected chi connectivity index (χ0v) is 17.4. The van der Waals surface area contributed by atoms with Gasteiger partial charge in [-0.1, -0.05) is 25.0 Å². The molecule has 1 aromatic heterocycles. The lowest BCUT2D eigenvalue weighted by atomic mass is 10.1. The second-order valence-corrected chi connectivity index (χ2v) is 8.02. The normalized spacial score (nSPS) is 15.3. The first-order valence-corrected chi connectivity index (χ1v) is 10.6. The Morgan fingerprint density at radius 3 is 2.63 bits per heavy atom. The number of carbonyl (C=O) groups excluding carboxylic acids is 1. The molecule has 1 aliphatic carbocycles. The third-order valence-electron chi connectivity index (χ3n) is 4.85. The Kier molecular flexibility index (Phi) is 7.30. The van der Waals surface area contributed by atoms with Crippen molar-refractivity contribution in [3.8, 4) is 0 Å². The summed E-state index contributed by atoms with van der Waals surface area (Å²) in [6.07, 6.45) is -0.344. The number of nitrogens with one attached hydrogen (secondary N) is 3. The summed E-state index contributed by atoms with van der Waals surface area (Å²) in [5.74, 6) is 0.606. The van der Waals surface area contributed by atoms with Gasteiger partial charge in [-0.3, -0.25) is 9.79 Å². The number of hydrogen-bond donors (Lipinski definition) is 3. The van der Waals surface area contributed by atoms with E-state index in [1.807, 2.05) is 24.3 Å². The number of carbonyl (C=O) groups is 1. The van der Waals surface area contributed by atoms with Crippen molar-refractivity contribution in [1.29, 1.82) is 0 Å². The van der Waals surface area contributed by atoms with Crippen LogP contribution in [0, 0.1) is 5.92 Å². The maximum absolute atomic E-state index is 12.6. The highest BCUT2D eigenvalue weighted by Crippen LogP contribution is 2.30. The Labute approximate surface area is 177 Å². The minimum Gasteiger partial charge on any atom is -0.352 e. The van der Waals surface area contributed by atoms with Crippen LogP contribution >= 0.6 is 11.3 Å². The van der Waals surface area contributed by atoms with E-state index in [2.05, 4.69) is 25.9 Å². The summed E-state index contributed by atoms with van der Waals surface area (Å²) in [5, 5.41) is 10.4. The highest BCUT2D eigenvalue weighted by atomic mass is 32.1. The molecule has 1 aliphatic rings. The first-order chi connectivity index (χ1) is 14.3. The van der Waals surface area contributed by atoms with Gasteiger partial charge in [-0.05, 0) is 30.5 Å². The molecule has 1 aromatic carbocycles. The molecule has 30 heavy (non-hydrogen) atoms. The number of nitrogens with zero attached hydrogens (tertiary/aromatic N) is 2. The van der Waals surface area contributed by atoms with E-state index in [0.29, 0.717) is 17.5 Å². The summed E-state index contributed by atoms with van der Waals surface area (Å²) in [7, 11) is 1.58. The first-order valence-electron chi connectivity index (χ1n) is 9.71. The van der Waals surface area contributed by atoms with E-state index in [1.54, 1.807) is 7.05 Å². The minimum atomic E-state index is -4.44. The maximum Gasteiger partial charge on any atom is 0.434 e. The quantitative estimate of drug-likeness (QED) is 0.467. The van der Waals surface area contributed by atoms with Crippen LogP contribution in [0.4, 0.5) is 18.9 Å². The molecule has 162 valence electrons. The van der Waals surface area contributed by atoms with E-state index in [1.165, 1.54) is 0 Å². The van der Waals surface area contributed by atoms with Crippen molar-refractivity contribution in [3.63, 3.8) is 0 Å². The van der Waals surface area contributed by atoms with Gasteiger partial charge in [0.15, 0.2) is 11.7 Å². The number of alkyl halides is 3.